The van der Waals surface area contributed by atoms with Gasteiger partial charge in [-0.25, -0.2) is 4.98 Å². The van der Waals surface area contributed by atoms with Crippen molar-refractivity contribution in [3.05, 3.63) is 108 Å². The van der Waals surface area contributed by atoms with Crippen molar-refractivity contribution in [2.24, 2.45) is 0 Å². The van der Waals surface area contributed by atoms with E-state index >= 15 is 0 Å². The Balaban J connectivity index is 1.19. The first-order chi connectivity index (χ1) is 18.3. The van der Waals surface area contributed by atoms with Gasteiger partial charge in [0.2, 0.25) is 0 Å². The number of fused-ring (bicyclic) bond motifs is 1. The number of aromatic nitrogens is 1. The number of furan rings is 1. The predicted molar refractivity (Wildman–Crippen MR) is 142 cm³/mol. The molecule has 1 N–H and O–H groups in total. The van der Waals surface area contributed by atoms with Crippen molar-refractivity contribution in [2.75, 3.05) is 5.32 Å². The molecule has 0 aliphatic rings. The average molecular weight is 535 g/mol. The number of amides is 1. The van der Waals surface area contributed by atoms with Crippen LogP contribution in [0.2, 0.25) is 0 Å². The third-order valence-electron chi connectivity index (χ3n) is 6.14. The van der Waals surface area contributed by atoms with E-state index in [0.29, 0.717) is 26.9 Å². The Hall–Kier alpha value is -4.24. The number of halogens is 2. The molecule has 2 heterocycles. The Morgan fingerprint density at radius 1 is 0.974 bits per heavy atom. The van der Waals surface area contributed by atoms with Crippen molar-refractivity contribution in [1.82, 2.24) is 4.98 Å². The molecule has 0 saturated heterocycles. The zero-order chi connectivity index (χ0) is 26.7. The molecule has 0 radical (unpaired) electrons. The number of hydrogen-bond acceptors (Lipinski definition) is 6. The molecule has 9 heteroatoms. The maximum Gasteiger partial charge on any atom is 0.387 e. The highest BCUT2D eigenvalue weighted by Gasteiger charge is 2.22. The summed E-state index contributed by atoms with van der Waals surface area (Å²) in [6.45, 7) is 1.60. The number of alkyl halides is 2. The Morgan fingerprint density at radius 3 is 2.42 bits per heavy atom. The molecule has 1 amide bonds. The fourth-order valence-electron chi connectivity index (χ4n) is 4.01. The van der Waals surface area contributed by atoms with E-state index in [1.54, 1.807) is 18.2 Å². The van der Waals surface area contributed by atoms with Crippen LogP contribution < -0.4 is 14.8 Å². The van der Waals surface area contributed by atoms with Crippen LogP contribution in [0.1, 0.15) is 41.3 Å². The van der Waals surface area contributed by atoms with Crippen LogP contribution in [0.4, 0.5) is 13.9 Å². The van der Waals surface area contributed by atoms with Gasteiger partial charge >= 0.3 is 6.61 Å². The van der Waals surface area contributed by atoms with Gasteiger partial charge in [0, 0.05) is 5.41 Å². The average Bonchev–Trinajstić information content (AvgIpc) is 3.54. The molecule has 0 aliphatic carbocycles. The minimum absolute atomic E-state index is 0.0271. The Morgan fingerprint density at radius 2 is 1.68 bits per heavy atom. The first kappa shape index (κ1) is 25.4. The second-order valence-corrected chi connectivity index (χ2v) is 10.1. The summed E-state index contributed by atoms with van der Waals surface area (Å²) in [4.78, 5) is 16.9. The van der Waals surface area contributed by atoms with Crippen LogP contribution in [0.3, 0.4) is 0 Å². The van der Waals surface area contributed by atoms with Gasteiger partial charge in [-0.05, 0) is 53.6 Å². The number of nitrogens with zero attached hydrogens (tertiary/aromatic N) is 1. The molecule has 0 saturated carbocycles. The summed E-state index contributed by atoms with van der Waals surface area (Å²) < 4.78 is 41.4. The molecule has 5 rings (SSSR count). The van der Waals surface area contributed by atoms with Gasteiger partial charge in [-0.15, -0.1) is 0 Å². The van der Waals surface area contributed by atoms with Crippen molar-refractivity contribution in [2.45, 2.75) is 32.5 Å². The third kappa shape index (κ3) is 5.68. The van der Waals surface area contributed by atoms with Crippen molar-refractivity contribution in [1.29, 1.82) is 0 Å². The van der Waals surface area contributed by atoms with Crippen LogP contribution in [-0.4, -0.2) is 17.5 Å². The fourth-order valence-corrected chi connectivity index (χ4v) is 4.90. The minimum Gasteiger partial charge on any atom is -0.486 e. The molecule has 0 unspecified atom stereocenters. The van der Waals surface area contributed by atoms with Crippen molar-refractivity contribution in [3.63, 3.8) is 0 Å². The highest BCUT2D eigenvalue weighted by molar-refractivity contribution is 7.22. The summed E-state index contributed by atoms with van der Waals surface area (Å²) >= 11 is 1.14. The number of ether oxygens (including phenoxy) is 2. The molecule has 194 valence electrons. The van der Waals surface area contributed by atoms with E-state index in [-0.39, 0.29) is 23.5 Å². The Labute approximate surface area is 221 Å². The summed E-state index contributed by atoms with van der Waals surface area (Å²) in [7, 11) is 0. The first-order valence-electron chi connectivity index (χ1n) is 11.8. The maximum atomic E-state index is 12.6. The number of thiazole rings is 1. The lowest BCUT2D eigenvalue weighted by Gasteiger charge is -2.26. The van der Waals surface area contributed by atoms with Crippen molar-refractivity contribution >= 4 is 32.6 Å². The molecule has 2 aromatic heterocycles. The van der Waals surface area contributed by atoms with E-state index in [2.05, 4.69) is 41.0 Å². The summed E-state index contributed by atoms with van der Waals surface area (Å²) in [5.74, 6) is 0.822. The van der Waals surface area contributed by atoms with Crippen LogP contribution >= 0.6 is 11.3 Å². The molecule has 0 fully saturated rings. The number of carbonyl (C=O) groups is 1. The third-order valence-corrected chi connectivity index (χ3v) is 7.08. The summed E-state index contributed by atoms with van der Waals surface area (Å²) in [6.07, 6.45) is 0. The quantitative estimate of drug-likeness (QED) is 0.210. The number of carbonyl (C=O) groups excluding carboxylic acids is 1. The summed E-state index contributed by atoms with van der Waals surface area (Å²) in [5.41, 5.74) is 2.81. The van der Waals surface area contributed by atoms with Gasteiger partial charge in [-0.2, -0.15) is 8.78 Å². The highest BCUT2D eigenvalue weighted by atomic mass is 32.1. The smallest absolute Gasteiger partial charge is 0.387 e. The predicted octanol–water partition coefficient (Wildman–Crippen LogP) is 7.65. The Bertz CT molecular complexity index is 1550. The number of nitrogens with one attached hydrogen (secondary N) is 1. The fraction of sp³-hybridized carbons (Fsp3) is 0.172. The number of hydrogen-bond donors (Lipinski definition) is 1. The van der Waals surface area contributed by atoms with Gasteiger partial charge in [-0.1, -0.05) is 67.6 Å². The lowest BCUT2D eigenvalue weighted by molar-refractivity contribution is -0.0497. The van der Waals surface area contributed by atoms with E-state index in [1.165, 1.54) is 23.3 Å². The maximum absolute atomic E-state index is 12.6. The van der Waals surface area contributed by atoms with Gasteiger partial charge in [0.25, 0.3) is 5.91 Å². The molecule has 5 aromatic rings. The van der Waals surface area contributed by atoms with Crippen LogP contribution in [0.5, 0.6) is 11.5 Å². The number of anilines is 1. The first-order valence-corrected chi connectivity index (χ1v) is 12.6. The van der Waals surface area contributed by atoms with Gasteiger partial charge < -0.3 is 13.9 Å². The van der Waals surface area contributed by atoms with Crippen molar-refractivity contribution < 1.29 is 27.5 Å². The molecule has 6 nitrogen and oxygen atoms in total. The standard InChI is InChI=1S/C29H24F2N2O4S/c1-29(2,18-6-4-3-5-7-18)19-8-10-20(11-9-19)35-17-22-13-15-24(36-22)26(34)33-28-32-23-14-12-21(37-27(30)31)16-25(23)38-28/h3-16,27H,17H2,1-2H3,(H,32,33,34). The number of benzene rings is 3. The largest absolute Gasteiger partial charge is 0.486 e. The van der Waals surface area contributed by atoms with Crippen LogP contribution in [0, 0.1) is 0 Å². The van der Waals surface area contributed by atoms with E-state index in [0.717, 1.165) is 11.3 Å². The lowest BCUT2D eigenvalue weighted by Crippen LogP contribution is -2.18. The highest BCUT2D eigenvalue weighted by Crippen LogP contribution is 2.33. The second kappa shape index (κ2) is 10.6. The van der Waals surface area contributed by atoms with E-state index in [4.69, 9.17) is 9.15 Å². The van der Waals surface area contributed by atoms with Crippen molar-refractivity contribution in [3.8, 4) is 11.5 Å². The van der Waals surface area contributed by atoms with Gasteiger partial charge in [-0.3, -0.25) is 10.1 Å². The molecule has 0 atom stereocenters. The minimum atomic E-state index is -2.91. The van der Waals surface area contributed by atoms with E-state index in [1.807, 2.05) is 42.5 Å². The molecular formula is C29H24F2N2O4S. The van der Waals surface area contributed by atoms with Gasteiger partial charge in [0.05, 0.1) is 10.2 Å². The molecule has 0 aliphatic heterocycles. The van der Waals surface area contributed by atoms with Gasteiger partial charge in [0.1, 0.15) is 23.9 Å². The van der Waals surface area contributed by atoms with E-state index in [9.17, 15) is 13.6 Å². The Kier molecular flexibility index (Phi) is 7.11. The molecule has 0 spiro atoms. The van der Waals surface area contributed by atoms with E-state index < -0.39 is 12.5 Å². The molecule has 3 aromatic carbocycles. The van der Waals surface area contributed by atoms with Gasteiger partial charge in [0.15, 0.2) is 10.9 Å². The normalized spacial score (nSPS) is 11.6. The zero-order valence-corrected chi connectivity index (χ0v) is 21.4. The molecule has 0 bridgehead atoms. The monoisotopic (exact) mass is 534 g/mol. The summed E-state index contributed by atoms with van der Waals surface area (Å²) in [6, 6.07) is 25.9. The van der Waals surface area contributed by atoms with Crippen LogP contribution in [0.15, 0.2) is 89.3 Å². The summed E-state index contributed by atoms with van der Waals surface area (Å²) in [5, 5.41) is 2.99. The number of rotatable bonds is 9. The topological polar surface area (TPSA) is 73.6 Å². The van der Waals surface area contributed by atoms with Crippen LogP contribution in [-0.2, 0) is 12.0 Å². The van der Waals surface area contributed by atoms with Crippen LogP contribution in [0.25, 0.3) is 10.2 Å². The SMILES string of the molecule is CC(C)(c1ccccc1)c1ccc(OCc2ccc(C(=O)Nc3nc4ccc(OC(F)F)cc4s3)o2)cc1. The second-order valence-electron chi connectivity index (χ2n) is 9.05. The molecule has 38 heavy (non-hydrogen) atoms. The lowest BCUT2D eigenvalue weighted by atomic mass is 9.78. The molecular weight excluding hydrogens is 510 g/mol. The zero-order valence-electron chi connectivity index (χ0n) is 20.6.